The second kappa shape index (κ2) is 8.62. The molecule has 0 bridgehead atoms. The number of halogens is 2. The fourth-order valence-electron chi connectivity index (χ4n) is 2.85. The lowest BCUT2D eigenvalue weighted by Crippen LogP contribution is -2.28. The van der Waals surface area contributed by atoms with Gasteiger partial charge >= 0.3 is 6.55 Å². The predicted molar refractivity (Wildman–Crippen MR) is 108 cm³/mol. The van der Waals surface area contributed by atoms with Crippen molar-refractivity contribution in [2.75, 3.05) is 18.4 Å². The minimum atomic E-state index is -3.80. The van der Waals surface area contributed by atoms with Crippen LogP contribution in [0.4, 0.5) is 14.5 Å². The highest BCUT2D eigenvalue weighted by molar-refractivity contribution is 7.92. The van der Waals surface area contributed by atoms with Crippen LogP contribution >= 0.6 is 0 Å². The van der Waals surface area contributed by atoms with Gasteiger partial charge in [0.1, 0.15) is 5.82 Å². The summed E-state index contributed by atoms with van der Waals surface area (Å²) in [6.45, 7) is -2.87. The van der Waals surface area contributed by atoms with Gasteiger partial charge in [0, 0.05) is 32.1 Å². The molecule has 30 heavy (non-hydrogen) atoms. The zero-order valence-corrected chi connectivity index (χ0v) is 17.1. The molecule has 3 aromatic rings. The molecule has 0 aliphatic heterocycles. The van der Waals surface area contributed by atoms with Gasteiger partial charge in [-0.05, 0) is 36.4 Å². The molecule has 0 atom stereocenters. The molecule has 0 saturated carbocycles. The van der Waals surface area contributed by atoms with Gasteiger partial charge in [-0.15, -0.1) is 0 Å². The number of alkyl halides is 2. The summed E-state index contributed by atoms with van der Waals surface area (Å²) in [6, 6.07) is 14.1. The number of aromatic nitrogens is 2. The highest BCUT2D eigenvalue weighted by atomic mass is 32.2. The Morgan fingerprint density at radius 1 is 1.07 bits per heavy atom. The average molecular weight is 434 g/mol. The smallest absolute Gasteiger partial charge is 0.319 e. The molecule has 2 aromatic carbocycles. The summed E-state index contributed by atoms with van der Waals surface area (Å²) >= 11 is 0. The molecule has 0 N–H and O–H groups in total. The Morgan fingerprint density at radius 2 is 1.70 bits per heavy atom. The van der Waals surface area contributed by atoms with E-state index in [0.717, 1.165) is 10.5 Å². The first kappa shape index (κ1) is 21.4. The molecule has 1 heterocycles. The Kier molecular flexibility index (Phi) is 6.16. The van der Waals surface area contributed by atoms with E-state index in [1.54, 1.807) is 30.3 Å². The van der Waals surface area contributed by atoms with Crippen LogP contribution in [0.1, 0.15) is 22.7 Å². The number of sulfonamides is 1. The third kappa shape index (κ3) is 4.33. The molecule has 0 unspecified atom stereocenters. The molecule has 0 radical (unpaired) electrons. The average Bonchev–Trinajstić information content (AvgIpc) is 3.21. The number of amides is 1. The van der Waals surface area contributed by atoms with Crippen LogP contribution < -0.4 is 4.31 Å². The zero-order valence-electron chi connectivity index (χ0n) is 16.3. The zero-order chi connectivity index (χ0) is 21.9. The number of para-hydroxylation sites is 1. The van der Waals surface area contributed by atoms with Gasteiger partial charge in [0.25, 0.3) is 15.9 Å². The van der Waals surface area contributed by atoms with E-state index in [9.17, 15) is 22.0 Å². The summed E-state index contributed by atoms with van der Waals surface area (Å²) in [7, 11) is -0.893. The monoisotopic (exact) mass is 434 g/mol. The molecule has 1 amide bonds. The number of nitrogens with zero attached hydrogens (tertiary/aromatic N) is 4. The van der Waals surface area contributed by atoms with Crippen LogP contribution in [0.15, 0.2) is 71.9 Å². The first-order valence-corrected chi connectivity index (χ1v) is 10.3. The Morgan fingerprint density at radius 3 is 2.30 bits per heavy atom. The van der Waals surface area contributed by atoms with Crippen molar-refractivity contribution >= 4 is 21.6 Å². The number of anilines is 1. The second-order valence-electron chi connectivity index (χ2n) is 6.52. The molecule has 0 fully saturated rings. The second-order valence-corrected chi connectivity index (χ2v) is 8.49. The summed E-state index contributed by atoms with van der Waals surface area (Å²) in [5.41, 5.74) is 0.737. The molecule has 0 saturated heterocycles. The topological polar surface area (TPSA) is 75.5 Å². The van der Waals surface area contributed by atoms with Gasteiger partial charge in [0.05, 0.1) is 17.1 Å². The Balaban J connectivity index is 1.76. The van der Waals surface area contributed by atoms with E-state index >= 15 is 0 Å². The highest BCUT2D eigenvalue weighted by Gasteiger charge is 2.22. The van der Waals surface area contributed by atoms with Gasteiger partial charge < -0.3 is 4.90 Å². The van der Waals surface area contributed by atoms with Gasteiger partial charge in [0.15, 0.2) is 0 Å². The van der Waals surface area contributed by atoms with Crippen molar-refractivity contribution in [2.45, 2.75) is 18.0 Å². The maximum absolute atomic E-state index is 12.9. The Labute approximate surface area is 173 Å². The first-order valence-electron chi connectivity index (χ1n) is 8.91. The highest BCUT2D eigenvalue weighted by Crippen LogP contribution is 2.22. The lowest BCUT2D eigenvalue weighted by molar-refractivity contribution is 0.0612. The summed E-state index contributed by atoms with van der Waals surface area (Å²) in [5, 5.41) is 0. The van der Waals surface area contributed by atoms with Gasteiger partial charge in [-0.1, -0.05) is 18.2 Å². The molecule has 1 aromatic heterocycles. The SMILES string of the molecule is CN(Cc1nccn1C(F)F)C(=O)c1ccc(S(=O)(=O)N(C)c2ccccc2)cc1. The largest absolute Gasteiger partial charge is 0.334 e. The standard InChI is InChI=1S/C20H20F2N4O3S/c1-24(14-18-23-12-13-26(18)20(21)22)19(27)15-8-10-17(11-9-15)30(28,29)25(2)16-6-4-3-5-7-16/h3-13,20H,14H2,1-2H3. The molecular formula is C20H20F2N4O3S. The van der Waals surface area contributed by atoms with E-state index < -0.39 is 22.5 Å². The van der Waals surface area contributed by atoms with Crippen LogP contribution in [0.25, 0.3) is 0 Å². The number of carbonyl (C=O) groups is 1. The lowest BCUT2D eigenvalue weighted by atomic mass is 10.2. The van der Waals surface area contributed by atoms with E-state index in [1.807, 2.05) is 0 Å². The van der Waals surface area contributed by atoms with Crippen molar-refractivity contribution < 1.29 is 22.0 Å². The number of benzene rings is 2. The van der Waals surface area contributed by atoms with Crippen molar-refractivity contribution in [3.05, 3.63) is 78.4 Å². The molecule has 0 aliphatic carbocycles. The normalized spacial score (nSPS) is 11.5. The van der Waals surface area contributed by atoms with Crippen molar-refractivity contribution in [1.29, 1.82) is 0 Å². The number of rotatable bonds is 7. The minimum absolute atomic E-state index is 0.0290. The number of carbonyl (C=O) groups excluding carboxylic acids is 1. The van der Waals surface area contributed by atoms with Crippen LogP contribution in [-0.2, 0) is 16.6 Å². The van der Waals surface area contributed by atoms with E-state index in [-0.39, 0.29) is 22.8 Å². The molecular weight excluding hydrogens is 414 g/mol. The van der Waals surface area contributed by atoms with E-state index in [4.69, 9.17) is 0 Å². The van der Waals surface area contributed by atoms with Crippen LogP contribution in [0, 0.1) is 0 Å². The molecule has 3 rings (SSSR count). The fraction of sp³-hybridized carbons (Fsp3) is 0.200. The van der Waals surface area contributed by atoms with Crippen molar-refractivity contribution in [1.82, 2.24) is 14.5 Å². The molecule has 0 spiro atoms. The molecule has 7 nitrogen and oxygen atoms in total. The number of imidazole rings is 1. The lowest BCUT2D eigenvalue weighted by Gasteiger charge is -2.20. The number of hydrogen-bond donors (Lipinski definition) is 0. The van der Waals surface area contributed by atoms with Gasteiger partial charge in [-0.2, -0.15) is 8.78 Å². The summed E-state index contributed by atoms with van der Waals surface area (Å²) in [5.74, 6) is -0.399. The van der Waals surface area contributed by atoms with Gasteiger partial charge in [-0.3, -0.25) is 13.7 Å². The third-order valence-electron chi connectivity index (χ3n) is 4.56. The summed E-state index contributed by atoms with van der Waals surface area (Å²) in [4.78, 5) is 17.7. The van der Waals surface area contributed by atoms with Crippen LogP contribution in [-0.4, -0.2) is 42.9 Å². The molecule has 0 aliphatic rings. The minimum Gasteiger partial charge on any atom is -0.334 e. The Hall–Kier alpha value is -3.27. The predicted octanol–water partition coefficient (Wildman–Crippen LogP) is 3.38. The fourth-order valence-corrected chi connectivity index (χ4v) is 4.05. The van der Waals surface area contributed by atoms with Gasteiger partial charge in [0.2, 0.25) is 0 Å². The first-order chi connectivity index (χ1) is 14.2. The van der Waals surface area contributed by atoms with Crippen molar-refractivity contribution in [3.8, 4) is 0 Å². The quantitative estimate of drug-likeness (QED) is 0.571. The van der Waals surface area contributed by atoms with E-state index in [2.05, 4.69) is 4.98 Å². The maximum atomic E-state index is 12.9. The van der Waals surface area contributed by atoms with Crippen LogP contribution in [0.3, 0.4) is 0 Å². The van der Waals surface area contributed by atoms with Crippen LogP contribution in [0.2, 0.25) is 0 Å². The summed E-state index contributed by atoms with van der Waals surface area (Å²) < 4.78 is 53.3. The van der Waals surface area contributed by atoms with E-state index in [0.29, 0.717) is 10.3 Å². The summed E-state index contributed by atoms with van der Waals surface area (Å²) in [6.07, 6.45) is 2.38. The van der Waals surface area contributed by atoms with Crippen molar-refractivity contribution in [2.24, 2.45) is 0 Å². The third-order valence-corrected chi connectivity index (χ3v) is 6.36. The van der Waals surface area contributed by atoms with E-state index in [1.165, 1.54) is 49.5 Å². The molecule has 10 heteroatoms. The van der Waals surface area contributed by atoms with Gasteiger partial charge in [-0.25, -0.2) is 13.4 Å². The molecule has 158 valence electrons. The van der Waals surface area contributed by atoms with Crippen LogP contribution in [0.5, 0.6) is 0 Å². The number of hydrogen-bond acceptors (Lipinski definition) is 4. The maximum Gasteiger partial charge on any atom is 0.319 e. The Bertz CT molecular complexity index is 1120. The van der Waals surface area contributed by atoms with Crippen molar-refractivity contribution in [3.63, 3.8) is 0 Å².